The number of carbonyl (C=O) groups excluding carboxylic acids is 2. The molecule has 0 bridgehead atoms. The summed E-state index contributed by atoms with van der Waals surface area (Å²) in [6.45, 7) is 6.35. The van der Waals surface area contributed by atoms with E-state index in [2.05, 4.69) is 10.2 Å². The first-order chi connectivity index (χ1) is 10.2. The number of nitrogens with one attached hydrogen (secondary N) is 1. The first-order valence-electron chi connectivity index (χ1n) is 7.16. The smallest absolute Gasteiger partial charge is 0.407 e. The average Bonchev–Trinajstić information content (AvgIpc) is 3.02. The monoisotopic (exact) mass is 295 g/mol. The molecule has 7 heteroatoms. The van der Waals surface area contributed by atoms with Crippen molar-refractivity contribution in [3.05, 3.63) is 24.2 Å². The Kier molecular flexibility index (Phi) is 5.62. The van der Waals surface area contributed by atoms with Crippen LogP contribution in [0.1, 0.15) is 17.5 Å². The molecule has 1 saturated heterocycles. The average molecular weight is 295 g/mol. The van der Waals surface area contributed by atoms with E-state index < -0.39 is 0 Å². The van der Waals surface area contributed by atoms with Crippen LogP contribution in [0.2, 0.25) is 0 Å². The number of alkyl carbamates (subject to hydrolysis) is 1. The van der Waals surface area contributed by atoms with E-state index in [9.17, 15) is 9.59 Å². The van der Waals surface area contributed by atoms with Crippen LogP contribution in [-0.4, -0.2) is 67.7 Å². The summed E-state index contributed by atoms with van der Waals surface area (Å²) in [5.74, 6) is 0.316. The lowest BCUT2D eigenvalue weighted by Gasteiger charge is -2.34. The Bertz CT molecular complexity index is 453. The second kappa shape index (κ2) is 7.68. The lowest BCUT2D eigenvalue weighted by molar-refractivity contribution is 0.0607. The number of hydrogen-bond acceptors (Lipinski definition) is 5. The molecule has 0 radical (unpaired) electrons. The molecule has 1 aromatic heterocycles. The molecule has 116 valence electrons. The van der Waals surface area contributed by atoms with E-state index in [4.69, 9.17) is 9.15 Å². The zero-order chi connectivity index (χ0) is 15.1. The molecule has 0 aromatic carbocycles. The van der Waals surface area contributed by atoms with Gasteiger partial charge in [-0.3, -0.25) is 9.69 Å². The highest BCUT2D eigenvalue weighted by Crippen LogP contribution is 2.08. The van der Waals surface area contributed by atoms with Crippen molar-refractivity contribution in [1.82, 2.24) is 15.1 Å². The fourth-order valence-corrected chi connectivity index (χ4v) is 2.23. The molecule has 0 unspecified atom stereocenters. The number of carbonyl (C=O) groups is 2. The number of furan rings is 1. The van der Waals surface area contributed by atoms with Gasteiger partial charge in [-0.2, -0.15) is 0 Å². The van der Waals surface area contributed by atoms with Gasteiger partial charge < -0.3 is 19.4 Å². The molecule has 1 aliphatic heterocycles. The summed E-state index contributed by atoms with van der Waals surface area (Å²) in [7, 11) is 0. The zero-order valence-electron chi connectivity index (χ0n) is 12.2. The van der Waals surface area contributed by atoms with Crippen LogP contribution in [0, 0.1) is 0 Å². The fourth-order valence-electron chi connectivity index (χ4n) is 2.23. The van der Waals surface area contributed by atoms with Crippen LogP contribution < -0.4 is 5.32 Å². The van der Waals surface area contributed by atoms with Crippen LogP contribution in [0.15, 0.2) is 22.8 Å². The predicted octanol–water partition coefficient (Wildman–Crippen LogP) is 0.783. The molecule has 1 aromatic rings. The predicted molar refractivity (Wildman–Crippen MR) is 76.1 cm³/mol. The van der Waals surface area contributed by atoms with Gasteiger partial charge in [0, 0.05) is 39.3 Å². The lowest BCUT2D eigenvalue weighted by atomic mass is 10.3. The van der Waals surface area contributed by atoms with E-state index >= 15 is 0 Å². The van der Waals surface area contributed by atoms with E-state index in [1.165, 1.54) is 6.26 Å². The highest BCUT2D eigenvalue weighted by molar-refractivity contribution is 5.91. The Labute approximate surface area is 123 Å². The van der Waals surface area contributed by atoms with Crippen molar-refractivity contribution in [3.63, 3.8) is 0 Å². The van der Waals surface area contributed by atoms with Gasteiger partial charge in [0.1, 0.15) is 0 Å². The largest absolute Gasteiger partial charge is 0.459 e. The molecule has 2 heterocycles. The van der Waals surface area contributed by atoms with Gasteiger partial charge in [-0.1, -0.05) is 0 Å². The van der Waals surface area contributed by atoms with Crippen molar-refractivity contribution >= 4 is 12.0 Å². The topological polar surface area (TPSA) is 75.0 Å². The van der Waals surface area contributed by atoms with E-state index in [0.29, 0.717) is 32.0 Å². The molecule has 7 nitrogen and oxygen atoms in total. The molecule has 2 amide bonds. The SMILES string of the molecule is CCOC(=O)NCCN1CCN(C(=O)c2ccco2)CC1. The number of nitrogens with zero attached hydrogens (tertiary/aromatic N) is 2. The molecule has 0 atom stereocenters. The number of hydrogen-bond donors (Lipinski definition) is 1. The van der Waals surface area contributed by atoms with Gasteiger partial charge in [-0.15, -0.1) is 0 Å². The minimum absolute atomic E-state index is 0.0655. The van der Waals surface area contributed by atoms with Gasteiger partial charge in [0.25, 0.3) is 5.91 Å². The standard InChI is InChI=1S/C14H21N3O4/c1-2-20-14(19)15-5-6-16-7-9-17(10-8-16)13(18)12-4-3-11-21-12/h3-4,11H,2,5-10H2,1H3,(H,15,19). The van der Waals surface area contributed by atoms with E-state index in [0.717, 1.165) is 19.6 Å². The molecule has 2 rings (SSSR count). The summed E-state index contributed by atoms with van der Waals surface area (Å²) in [6, 6.07) is 3.39. The fraction of sp³-hybridized carbons (Fsp3) is 0.571. The van der Waals surface area contributed by atoms with Crippen molar-refractivity contribution in [2.45, 2.75) is 6.92 Å². The number of amides is 2. The van der Waals surface area contributed by atoms with Crippen LogP contribution in [0.5, 0.6) is 0 Å². The van der Waals surface area contributed by atoms with Gasteiger partial charge in [-0.25, -0.2) is 4.79 Å². The molecule has 0 spiro atoms. The molecule has 1 aliphatic rings. The van der Waals surface area contributed by atoms with Crippen LogP contribution >= 0.6 is 0 Å². The van der Waals surface area contributed by atoms with E-state index in [1.807, 2.05) is 0 Å². The Balaban J connectivity index is 1.66. The minimum Gasteiger partial charge on any atom is -0.459 e. The minimum atomic E-state index is -0.385. The third-order valence-electron chi connectivity index (χ3n) is 3.36. The normalized spacial score (nSPS) is 15.8. The number of rotatable bonds is 5. The second-order valence-electron chi connectivity index (χ2n) is 4.76. The first kappa shape index (κ1) is 15.4. The van der Waals surface area contributed by atoms with Crippen molar-refractivity contribution in [3.8, 4) is 0 Å². The number of ether oxygens (including phenoxy) is 1. The maximum Gasteiger partial charge on any atom is 0.407 e. The maximum absolute atomic E-state index is 12.1. The van der Waals surface area contributed by atoms with Gasteiger partial charge in [0.05, 0.1) is 12.9 Å². The molecular formula is C14H21N3O4. The van der Waals surface area contributed by atoms with Gasteiger partial charge in [-0.05, 0) is 19.1 Å². The molecule has 1 fully saturated rings. The van der Waals surface area contributed by atoms with Crippen molar-refractivity contribution in [2.24, 2.45) is 0 Å². The molecule has 1 N–H and O–H groups in total. The highest BCUT2D eigenvalue weighted by Gasteiger charge is 2.23. The Morgan fingerprint density at radius 3 is 2.71 bits per heavy atom. The number of piperazine rings is 1. The molecule has 21 heavy (non-hydrogen) atoms. The summed E-state index contributed by atoms with van der Waals surface area (Å²) in [6.07, 6.45) is 1.12. The van der Waals surface area contributed by atoms with Crippen LogP contribution in [0.4, 0.5) is 4.79 Å². The maximum atomic E-state index is 12.1. The van der Waals surface area contributed by atoms with Crippen molar-refractivity contribution < 1.29 is 18.7 Å². The third kappa shape index (κ3) is 4.49. The lowest BCUT2D eigenvalue weighted by Crippen LogP contribution is -2.50. The third-order valence-corrected chi connectivity index (χ3v) is 3.36. The van der Waals surface area contributed by atoms with E-state index in [-0.39, 0.29) is 12.0 Å². The van der Waals surface area contributed by atoms with Crippen molar-refractivity contribution in [1.29, 1.82) is 0 Å². The van der Waals surface area contributed by atoms with E-state index in [1.54, 1.807) is 24.0 Å². The summed E-state index contributed by atoms with van der Waals surface area (Å²) >= 11 is 0. The van der Waals surface area contributed by atoms with Gasteiger partial charge >= 0.3 is 6.09 Å². The molecule has 0 saturated carbocycles. The van der Waals surface area contributed by atoms with Crippen LogP contribution in [0.3, 0.4) is 0 Å². The Morgan fingerprint density at radius 1 is 1.33 bits per heavy atom. The van der Waals surface area contributed by atoms with Crippen LogP contribution in [0.25, 0.3) is 0 Å². The first-order valence-corrected chi connectivity index (χ1v) is 7.16. The van der Waals surface area contributed by atoms with Gasteiger partial charge in [0.15, 0.2) is 5.76 Å². The Morgan fingerprint density at radius 2 is 2.10 bits per heavy atom. The summed E-state index contributed by atoms with van der Waals surface area (Å²) in [5.41, 5.74) is 0. The van der Waals surface area contributed by atoms with Gasteiger partial charge in [0.2, 0.25) is 0 Å². The highest BCUT2D eigenvalue weighted by atomic mass is 16.5. The van der Waals surface area contributed by atoms with Crippen LogP contribution in [-0.2, 0) is 4.74 Å². The quantitative estimate of drug-likeness (QED) is 0.869. The molecule has 0 aliphatic carbocycles. The van der Waals surface area contributed by atoms with Crippen molar-refractivity contribution in [2.75, 3.05) is 45.9 Å². The zero-order valence-corrected chi connectivity index (χ0v) is 12.2. The summed E-state index contributed by atoms with van der Waals surface area (Å²) in [5, 5.41) is 2.69. The Hall–Kier alpha value is -2.02. The molecular weight excluding hydrogens is 274 g/mol. The summed E-state index contributed by atoms with van der Waals surface area (Å²) in [4.78, 5) is 27.2. The second-order valence-corrected chi connectivity index (χ2v) is 4.76. The summed E-state index contributed by atoms with van der Waals surface area (Å²) < 4.78 is 9.91.